The molecule has 1 aliphatic rings. The van der Waals surface area contributed by atoms with E-state index in [2.05, 4.69) is 26.6 Å². The van der Waals surface area contributed by atoms with E-state index in [9.17, 15) is 0 Å². The van der Waals surface area contributed by atoms with Crippen LogP contribution < -0.4 is 5.32 Å². The molecule has 106 valence electrons. The third kappa shape index (κ3) is 3.91. The molecule has 20 heavy (non-hydrogen) atoms. The highest BCUT2D eigenvalue weighted by atomic mass is 32.2. The summed E-state index contributed by atoms with van der Waals surface area (Å²) in [5.74, 6) is 0.869. The molecule has 0 spiro atoms. The van der Waals surface area contributed by atoms with Crippen molar-refractivity contribution in [2.24, 2.45) is 0 Å². The minimum atomic E-state index is 0.324. The zero-order chi connectivity index (χ0) is 13.6. The normalized spacial score (nSPS) is 18.3. The van der Waals surface area contributed by atoms with Crippen LogP contribution in [0.25, 0.3) is 0 Å². The summed E-state index contributed by atoms with van der Waals surface area (Å²) < 4.78 is 6.54. The summed E-state index contributed by atoms with van der Waals surface area (Å²) in [6.45, 7) is 1.70. The summed E-state index contributed by atoms with van der Waals surface area (Å²) in [5, 5.41) is 12.5. The van der Waals surface area contributed by atoms with Crippen LogP contribution in [-0.2, 0) is 10.5 Å². The van der Waals surface area contributed by atoms with E-state index in [0.29, 0.717) is 6.10 Å². The van der Waals surface area contributed by atoms with Crippen molar-refractivity contribution < 1.29 is 4.74 Å². The number of aromatic nitrogens is 3. The molecule has 3 heterocycles. The van der Waals surface area contributed by atoms with E-state index < -0.39 is 0 Å². The van der Waals surface area contributed by atoms with Crippen molar-refractivity contribution in [3.05, 3.63) is 30.1 Å². The Balaban J connectivity index is 1.46. The molecule has 7 heteroatoms. The van der Waals surface area contributed by atoms with Crippen LogP contribution in [0.3, 0.4) is 0 Å². The largest absolute Gasteiger partial charge is 0.376 e. The first-order valence-electron chi connectivity index (χ1n) is 6.61. The van der Waals surface area contributed by atoms with Gasteiger partial charge in [-0.2, -0.15) is 0 Å². The summed E-state index contributed by atoms with van der Waals surface area (Å²) in [6, 6.07) is 4.02. The van der Waals surface area contributed by atoms with Gasteiger partial charge in [0.15, 0.2) is 4.34 Å². The van der Waals surface area contributed by atoms with Gasteiger partial charge in [-0.1, -0.05) is 29.2 Å². The number of nitrogens with one attached hydrogen (secondary N) is 1. The van der Waals surface area contributed by atoms with Crippen molar-refractivity contribution in [1.29, 1.82) is 0 Å². The van der Waals surface area contributed by atoms with Gasteiger partial charge in [-0.3, -0.25) is 4.98 Å². The maximum Gasteiger partial charge on any atom is 0.206 e. The van der Waals surface area contributed by atoms with Gasteiger partial charge < -0.3 is 10.1 Å². The van der Waals surface area contributed by atoms with Crippen LogP contribution in [-0.4, -0.2) is 34.4 Å². The second-order valence-corrected chi connectivity index (χ2v) is 6.74. The highest BCUT2D eigenvalue weighted by Gasteiger charge is 2.15. The van der Waals surface area contributed by atoms with Crippen LogP contribution in [0, 0.1) is 0 Å². The molecular formula is C13H16N4OS2. The number of rotatable bonds is 6. The maximum atomic E-state index is 5.57. The number of hydrogen-bond acceptors (Lipinski definition) is 7. The Kier molecular flexibility index (Phi) is 4.83. The van der Waals surface area contributed by atoms with Crippen molar-refractivity contribution in [2.45, 2.75) is 29.0 Å². The minimum absolute atomic E-state index is 0.324. The highest BCUT2D eigenvalue weighted by Crippen LogP contribution is 2.28. The second kappa shape index (κ2) is 7.01. The van der Waals surface area contributed by atoms with E-state index in [1.165, 1.54) is 5.56 Å². The fourth-order valence-electron chi connectivity index (χ4n) is 1.97. The zero-order valence-electron chi connectivity index (χ0n) is 11.0. The molecule has 0 aromatic carbocycles. The van der Waals surface area contributed by atoms with E-state index in [4.69, 9.17) is 4.74 Å². The number of anilines is 1. The Hall–Kier alpha value is -1.18. The molecule has 3 rings (SSSR count). The fraction of sp³-hybridized carbons (Fsp3) is 0.462. The Morgan fingerprint density at radius 3 is 3.25 bits per heavy atom. The molecule has 0 radical (unpaired) electrons. The summed E-state index contributed by atoms with van der Waals surface area (Å²) in [7, 11) is 0. The predicted octanol–water partition coefficient (Wildman–Crippen LogP) is 2.82. The van der Waals surface area contributed by atoms with Crippen molar-refractivity contribution in [3.8, 4) is 0 Å². The number of nitrogens with zero attached hydrogens (tertiary/aromatic N) is 3. The molecule has 0 amide bonds. The third-order valence-corrected chi connectivity index (χ3v) is 5.08. The first-order chi connectivity index (χ1) is 9.90. The molecule has 1 atom stereocenters. The SMILES string of the molecule is c1cncc(CSc2nnc(NCC3CCCO3)s2)c1. The fourth-order valence-corrected chi connectivity index (χ4v) is 3.67. The lowest BCUT2D eigenvalue weighted by Crippen LogP contribution is -2.18. The topological polar surface area (TPSA) is 59.9 Å². The van der Waals surface area contributed by atoms with E-state index in [-0.39, 0.29) is 0 Å². The van der Waals surface area contributed by atoms with Crippen LogP contribution in [0.15, 0.2) is 28.9 Å². The Labute approximate surface area is 126 Å². The standard InChI is InChI=1S/C13H16N4OS2/c1-3-10(7-14-5-1)9-19-13-17-16-12(20-13)15-8-11-4-2-6-18-11/h1,3,5,7,11H,2,4,6,8-9H2,(H,15,16). The first kappa shape index (κ1) is 13.8. The van der Waals surface area contributed by atoms with Gasteiger partial charge in [-0.15, -0.1) is 10.2 Å². The van der Waals surface area contributed by atoms with E-state index in [1.807, 2.05) is 12.3 Å². The summed E-state index contributed by atoms with van der Waals surface area (Å²) in [4.78, 5) is 4.10. The van der Waals surface area contributed by atoms with Crippen molar-refractivity contribution in [3.63, 3.8) is 0 Å². The van der Waals surface area contributed by atoms with Gasteiger partial charge in [-0.05, 0) is 24.5 Å². The number of pyridine rings is 1. The molecule has 5 nitrogen and oxygen atoms in total. The van der Waals surface area contributed by atoms with Gasteiger partial charge in [0.25, 0.3) is 0 Å². The summed E-state index contributed by atoms with van der Waals surface area (Å²) >= 11 is 3.28. The minimum Gasteiger partial charge on any atom is -0.376 e. The van der Waals surface area contributed by atoms with E-state index in [0.717, 1.165) is 41.2 Å². The van der Waals surface area contributed by atoms with Crippen molar-refractivity contribution in [2.75, 3.05) is 18.5 Å². The molecule has 0 bridgehead atoms. The van der Waals surface area contributed by atoms with Gasteiger partial charge in [0.2, 0.25) is 5.13 Å². The molecule has 1 N–H and O–H groups in total. The van der Waals surface area contributed by atoms with Gasteiger partial charge >= 0.3 is 0 Å². The second-order valence-electron chi connectivity index (χ2n) is 4.54. The van der Waals surface area contributed by atoms with Gasteiger partial charge in [0.05, 0.1) is 6.10 Å². The third-order valence-electron chi connectivity index (χ3n) is 3.00. The lowest BCUT2D eigenvalue weighted by Gasteiger charge is -2.08. The maximum absolute atomic E-state index is 5.57. The molecule has 2 aromatic rings. The smallest absolute Gasteiger partial charge is 0.206 e. The Bertz CT molecular complexity index is 528. The molecule has 1 unspecified atom stereocenters. The van der Waals surface area contributed by atoms with E-state index in [1.54, 1.807) is 29.3 Å². The Morgan fingerprint density at radius 2 is 2.45 bits per heavy atom. The molecular weight excluding hydrogens is 292 g/mol. The number of thioether (sulfide) groups is 1. The summed E-state index contributed by atoms with van der Waals surface area (Å²) in [6.07, 6.45) is 6.28. The molecule has 1 saturated heterocycles. The van der Waals surface area contributed by atoms with Crippen LogP contribution in [0.5, 0.6) is 0 Å². The first-order valence-corrected chi connectivity index (χ1v) is 8.41. The number of hydrogen-bond donors (Lipinski definition) is 1. The lowest BCUT2D eigenvalue weighted by molar-refractivity contribution is 0.120. The zero-order valence-corrected chi connectivity index (χ0v) is 12.6. The molecule has 1 aliphatic heterocycles. The quantitative estimate of drug-likeness (QED) is 0.828. The average Bonchev–Trinajstić information content (AvgIpc) is 3.16. The van der Waals surface area contributed by atoms with E-state index >= 15 is 0 Å². The van der Waals surface area contributed by atoms with Crippen LogP contribution in [0.2, 0.25) is 0 Å². The van der Waals surface area contributed by atoms with Crippen LogP contribution in [0.4, 0.5) is 5.13 Å². The molecule has 2 aromatic heterocycles. The Morgan fingerprint density at radius 1 is 1.45 bits per heavy atom. The van der Waals surface area contributed by atoms with Gasteiger partial charge in [0.1, 0.15) is 0 Å². The molecule has 0 aliphatic carbocycles. The van der Waals surface area contributed by atoms with Gasteiger partial charge in [0, 0.05) is 31.3 Å². The monoisotopic (exact) mass is 308 g/mol. The van der Waals surface area contributed by atoms with Crippen LogP contribution in [0.1, 0.15) is 18.4 Å². The summed E-state index contributed by atoms with van der Waals surface area (Å²) in [5.41, 5.74) is 1.20. The lowest BCUT2D eigenvalue weighted by atomic mass is 10.2. The number of ether oxygens (including phenoxy) is 1. The van der Waals surface area contributed by atoms with Crippen molar-refractivity contribution in [1.82, 2.24) is 15.2 Å². The highest BCUT2D eigenvalue weighted by molar-refractivity contribution is 8.00. The molecule has 0 saturated carbocycles. The molecule has 1 fully saturated rings. The predicted molar refractivity (Wildman–Crippen MR) is 81.2 cm³/mol. The van der Waals surface area contributed by atoms with Gasteiger partial charge in [-0.25, -0.2) is 0 Å². The average molecular weight is 308 g/mol. The van der Waals surface area contributed by atoms with Crippen molar-refractivity contribution >= 4 is 28.2 Å². The van der Waals surface area contributed by atoms with Crippen LogP contribution >= 0.6 is 23.1 Å².